The lowest BCUT2D eigenvalue weighted by Crippen LogP contribution is -1.89. The molecule has 4 aromatic carbocycles. The van der Waals surface area contributed by atoms with Crippen LogP contribution in [0.25, 0.3) is 29.6 Å². The third-order valence-electron chi connectivity index (χ3n) is 5.56. The molecule has 0 radical (unpaired) electrons. The maximum Gasteiger partial charge on any atom is 0.144 e. The summed E-state index contributed by atoms with van der Waals surface area (Å²) < 4.78 is 6.07. The molecule has 0 N–H and O–H groups in total. The highest BCUT2D eigenvalue weighted by molar-refractivity contribution is 7.99. The molecule has 0 nitrogen and oxygen atoms in total. The van der Waals surface area contributed by atoms with Gasteiger partial charge in [0.1, 0.15) is 6.28 Å². The van der Waals surface area contributed by atoms with Crippen LogP contribution in [0, 0.1) is 6.28 Å². The molecule has 0 saturated heterocycles. The van der Waals surface area contributed by atoms with Crippen molar-refractivity contribution >= 4 is 146 Å². The summed E-state index contributed by atoms with van der Waals surface area (Å²) in [6, 6.07) is 21.0. The minimum atomic E-state index is 0.780. The van der Waals surface area contributed by atoms with Gasteiger partial charge in [-0.25, -0.2) is 0 Å². The molecule has 10 heteroatoms. The Kier molecular flexibility index (Phi) is 7.81. The Labute approximate surface area is 252 Å². The molecule has 0 bridgehead atoms. The van der Waals surface area contributed by atoms with Gasteiger partial charge in [0.25, 0.3) is 0 Å². The van der Waals surface area contributed by atoms with E-state index < -0.39 is 0 Å². The Morgan fingerprint density at radius 3 is 1.31 bits per heavy atom. The molecule has 0 aliphatic heterocycles. The standard InChI is InChI=1S/C26H14Cl2S8/c27-17-19(31-11-13-7-3-1-4-8-13)15-16(22-23(17)35-26(30)34-22)20(32-12-14-9-5-2-6-10-14)18(28)24-21(15)33-25(29)36-24/h1-10H,11-12H2. The molecule has 180 valence electrons. The van der Waals surface area contributed by atoms with Gasteiger partial charge in [0.15, 0.2) is 0 Å². The van der Waals surface area contributed by atoms with E-state index in [0.29, 0.717) is 0 Å². The molecule has 0 fully saturated rings. The Bertz CT molecular complexity index is 1710. The van der Waals surface area contributed by atoms with Gasteiger partial charge < -0.3 is 0 Å². The van der Waals surface area contributed by atoms with Gasteiger partial charge in [-0.1, -0.05) is 108 Å². The van der Waals surface area contributed by atoms with Crippen LogP contribution in [0.4, 0.5) is 0 Å². The van der Waals surface area contributed by atoms with Gasteiger partial charge in [-0.2, -0.15) is 0 Å². The van der Waals surface area contributed by atoms with Crippen LogP contribution in [0.15, 0.2) is 70.5 Å². The quantitative estimate of drug-likeness (QED) is 0.130. The molecule has 2 heterocycles. The lowest BCUT2D eigenvalue weighted by molar-refractivity contribution is 1.40. The predicted molar refractivity (Wildman–Crippen MR) is 174 cm³/mol. The number of fused-ring (bicyclic) bond motifs is 5. The van der Waals surface area contributed by atoms with Gasteiger partial charge in [0.2, 0.25) is 0 Å². The molecule has 0 saturated carbocycles. The fourth-order valence-electron chi connectivity index (χ4n) is 4.00. The van der Waals surface area contributed by atoms with Gasteiger partial charge in [-0.05, 0) is 11.1 Å². The first kappa shape index (κ1) is 25.7. The van der Waals surface area contributed by atoms with Crippen molar-refractivity contribution in [2.75, 3.05) is 0 Å². The van der Waals surface area contributed by atoms with Crippen molar-refractivity contribution in [1.82, 2.24) is 0 Å². The monoisotopic (exact) mass is 652 g/mol. The molecule has 0 unspecified atom stereocenters. The van der Waals surface area contributed by atoms with Crippen molar-refractivity contribution in [3.8, 4) is 0 Å². The lowest BCUT2D eigenvalue weighted by atomic mass is 10.1. The molecule has 2 aromatic heterocycles. The van der Waals surface area contributed by atoms with Crippen molar-refractivity contribution in [3.63, 3.8) is 0 Å². The second-order valence-corrected chi connectivity index (χ2v) is 17.0. The van der Waals surface area contributed by atoms with Gasteiger partial charge in [-0.3, -0.25) is 0 Å². The van der Waals surface area contributed by atoms with Crippen molar-refractivity contribution in [3.05, 3.63) is 88.1 Å². The first-order valence-electron chi connectivity index (χ1n) is 10.7. The summed E-state index contributed by atoms with van der Waals surface area (Å²) in [7, 11) is 0. The van der Waals surface area contributed by atoms with Crippen molar-refractivity contribution < 1.29 is 0 Å². The number of benzene rings is 4. The number of hydrogen-bond donors (Lipinski definition) is 0. The van der Waals surface area contributed by atoms with E-state index in [2.05, 4.69) is 48.5 Å². The summed E-state index contributed by atoms with van der Waals surface area (Å²) in [5, 5.41) is 3.88. The predicted octanol–water partition coefficient (Wildman–Crippen LogP) is 12.7. The number of hydrogen-bond acceptors (Lipinski definition) is 8. The molecule has 0 spiro atoms. The van der Waals surface area contributed by atoms with E-state index in [1.54, 1.807) is 68.9 Å². The van der Waals surface area contributed by atoms with Crippen molar-refractivity contribution in [2.24, 2.45) is 0 Å². The summed E-state index contributed by atoms with van der Waals surface area (Å²) in [4.78, 5) is 2.17. The van der Waals surface area contributed by atoms with E-state index in [-0.39, 0.29) is 0 Å². The minimum Gasteiger partial charge on any atom is -0.119 e. The van der Waals surface area contributed by atoms with E-state index >= 15 is 0 Å². The lowest BCUT2D eigenvalue weighted by Gasteiger charge is -2.16. The zero-order valence-electron chi connectivity index (χ0n) is 18.2. The smallest absolute Gasteiger partial charge is 0.119 e. The maximum atomic E-state index is 7.16. The molecular formula is C26H14Cl2S8. The van der Waals surface area contributed by atoms with Crippen LogP contribution < -0.4 is 0 Å². The fourth-order valence-corrected chi connectivity index (χ4v) is 12.7. The largest absolute Gasteiger partial charge is 0.144 e. The zero-order chi connectivity index (χ0) is 24.8. The molecule has 36 heavy (non-hydrogen) atoms. The molecule has 6 rings (SSSR count). The van der Waals surface area contributed by atoms with E-state index in [4.69, 9.17) is 47.6 Å². The van der Waals surface area contributed by atoms with E-state index in [1.807, 2.05) is 12.1 Å². The Morgan fingerprint density at radius 1 is 0.556 bits per heavy atom. The average molecular weight is 654 g/mol. The summed E-state index contributed by atoms with van der Waals surface area (Å²) in [5.41, 5.74) is 2.51. The molecule has 0 amide bonds. The van der Waals surface area contributed by atoms with Crippen LogP contribution >= 0.6 is 117 Å². The second-order valence-electron chi connectivity index (χ2n) is 7.81. The maximum absolute atomic E-state index is 7.16. The summed E-state index contributed by atoms with van der Waals surface area (Å²) in [5.74, 6) is 1.64. The van der Waals surface area contributed by atoms with Gasteiger partial charge >= 0.3 is 0 Å². The van der Waals surface area contributed by atoms with E-state index in [1.165, 1.54) is 11.1 Å². The third-order valence-corrected chi connectivity index (χ3v) is 14.5. The van der Waals surface area contributed by atoms with Gasteiger partial charge in [0.05, 0.1) is 28.8 Å². The summed E-state index contributed by atoms with van der Waals surface area (Å²) in [6.07, 6.45) is 0. The van der Waals surface area contributed by atoms with Crippen LogP contribution in [0.2, 0.25) is 10.0 Å². The van der Waals surface area contributed by atoms with Gasteiger partial charge in [-0.15, -0.1) is 68.9 Å². The average Bonchev–Trinajstić information content (AvgIpc) is 3.48. The number of thioether (sulfide) groups is 2. The molecule has 0 aliphatic carbocycles. The van der Waals surface area contributed by atoms with Gasteiger partial charge in [0, 0.05) is 32.1 Å². The number of halogens is 2. The topological polar surface area (TPSA) is 0 Å². The van der Waals surface area contributed by atoms with Crippen LogP contribution in [0.5, 0.6) is 0 Å². The van der Waals surface area contributed by atoms with Crippen LogP contribution in [0.1, 0.15) is 11.1 Å². The van der Waals surface area contributed by atoms with E-state index in [0.717, 1.165) is 67.2 Å². The third kappa shape index (κ3) is 4.83. The summed E-state index contributed by atoms with van der Waals surface area (Å²) in [6.45, 7) is 0. The van der Waals surface area contributed by atoms with Crippen LogP contribution in [-0.4, -0.2) is 0 Å². The minimum absolute atomic E-state index is 0.780. The highest BCUT2D eigenvalue weighted by atomic mass is 35.5. The molecule has 0 atom stereocenters. The summed E-state index contributed by atoms with van der Waals surface area (Å²) >= 11 is 35.6. The number of rotatable bonds is 6. The Balaban J connectivity index is 1.66. The van der Waals surface area contributed by atoms with E-state index in [9.17, 15) is 0 Å². The van der Waals surface area contributed by atoms with Crippen LogP contribution in [-0.2, 0) is 11.5 Å². The Hall–Kier alpha value is -0.520. The first-order chi connectivity index (χ1) is 17.5. The zero-order valence-corrected chi connectivity index (χ0v) is 26.3. The Morgan fingerprint density at radius 2 is 0.917 bits per heavy atom. The first-order valence-corrected chi connectivity index (χ1v) is 17.5. The highest BCUT2D eigenvalue weighted by Gasteiger charge is 2.25. The van der Waals surface area contributed by atoms with Crippen molar-refractivity contribution in [1.29, 1.82) is 0 Å². The SMILES string of the molecule is S=c1sc2c(Cl)c(SCc3ccccc3)c3c4sc(=S)sc4c(Cl)c(SCc4ccccc4)c3c2s1. The fraction of sp³-hybridized carbons (Fsp3) is 0.0769. The normalized spacial score (nSPS) is 11.7. The molecular weight excluding hydrogens is 640 g/mol. The van der Waals surface area contributed by atoms with Crippen molar-refractivity contribution in [2.45, 2.75) is 21.3 Å². The second kappa shape index (κ2) is 10.9. The molecule has 0 aliphatic rings. The molecule has 6 aromatic rings. The van der Waals surface area contributed by atoms with Crippen LogP contribution in [0.3, 0.4) is 0 Å². The highest BCUT2D eigenvalue weighted by Crippen LogP contribution is 2.55.